The maximum absolute atomic E-state index is 10.2. The number of carboxylic acids is 1. The minimum absolute atomic E-state index is 0.238. The van der Waals surface area contributed by atoms with E-state index in [0.29, 0.717) is 18.7 Å². The van der Waals surface area contributed by atoms with Gasteiger partial charge in [-0.3, -0.25) is 4.79 Å². The highest BCUT2D eigenvalue weighted by molar-refractivity contribution is 5.66. The molecule has 16 heavy (non-hydrogen) atoms. The Morgan fingerprint density at radius 1 is 1.19 bits per heavy atom. The molecular weight excluding hydrogens is 206 g/mol. The molecule has 0 radical (unpaired) electrons. The van der Waals surface area contributed by atoms with Gasteiger partial charge in [0, 0.05) is 12.1 Å². The topological polar surface area (TPSA) is 72.5 Å². The molecule has 1 aromatic carbocycles. The predicted molar refractivity (Wildman–Crippen MR) is 62.5 cm³/mol. The van der Waals surface area contributed by atoms with E-state index in [0.717, 1.165) is 18.6 Å². The molecule has 0 unspecified atom stereocenters. The van der Waals surface area contributed by atoms with Crippen LogP contribution in [0.4, 0.5) is 5.69 Å². The van der Waals surface area contributed by atoms with Crippen molar-refractivity contribution in [3.05, 3.63) is 24.3 Å². The molecular formula is C12H17NO3. The minimum atomic E-state index is -0.737. The molecule has 4 nitrogen and oxygen atoms in total. The monoisotopic (exact) mass is 223 g/mol. The molecule has 0 saturated carbocycles. The van der Waals surface area contributed by atoms with Crippen LogP contribution in [-0.4, -0.2) is 17.7 Å². The molecule has 3 N–H and O–H groups in total. The lowest BCUT2D eigenvalue weighted by molar-refractivity contribution is -0.137. The molecule has 1 aromatic rings. The van der Waals surface area contributed by atoms with E-state index in [-0.39, 0.29) is 6.42 Å². The Morgan fingerprint density at radius 2 is 1.88 bits per heavy atom. The predicted octanol–water partition coefficient (Wildman–Crippen LogP) is 2.29. The number of aliphatic carboxylic acids is 1. The first-order valence-electron chi connectivity index (χ1n) is 5.38. The zero-order valence-electron chi connectivity index (χ0n) is 9.19. The second kappa shape index (κ2) is 6.71. The number of rotatable bonds is 7. The van der Waals surface area contributed by atoms with Gasteiger partial charge >= 0.3 is 5.97 Å². The van der Waals surface area contributed by atoms with Crippen LogP contribution < -0.4 is 10.5 Å². The van der Waals surface area contributed by atoms with E-state index in [4.69, 9.17) is 15.6 Å². The van der Waals surface area contributed by atoms with Crippen molar-refractivity contribution in [2.24, 2.45) is 0 Å². The van der Waals surface area contributed by atoms with Crippen molar-refractivity contribution in [3.8, 4) is 5.75 Å². The van der Waals surface area contributed by atoms with Crippen LogP contribution in [0.3, 0.4) is 0 Å². The summed E-state index contributed by atoms with van der Waals surface area (Å²) in [4.78, 5) is 10.2. The number of ether oxygens (including phenoxy) is 1. The van der Waals surface area contributed by atoms with Crippen molar-refractivity contribution >= 4 is 11.7 Å². The van der Waals surface area contributed by atoms with Crippen LogP contribution in [0.15, 0.2) is 24.3 Å². The highest BCUT2D eigenvalue weighted by atomic mass is 16.5. The normalized spacial score (nSPS) is 10.0. The molecule has 0 heterocycles. The molecule has 0 amide bonds. The number of unbranched alkanes of at least 4 members (excludes halogenated alkanes) is 2. The molecule has 0 aliphatic carbocycles. The van der Waals surface area contributed by atoms with E-state index in [1.807, 2.05) is 12.1 Å². The van der Waals surface area contributed by atoms with E-state index in [1.165, 1.54) is 0 Å². The van der Waals surface area contributed by atoms with Gasteiger partial charge in [-0.2, -0.15) is 0 Å². The van der Waals surface area contributed by atoms with Crippen LogP contribution in [-0.2, 0) is 4.79 Å². The Labute approximate surface area is 95.0 Å². The second-order valence-corrected chi connectivity index (χ2v) is 3.62. The van der Waals surface area contributed by atoms with Crippen molar-refractivity contribution in [1.82, 2.24) is 0 Å². The maximum Gasteiger partial charge on any atom is 0.303 e. The average molecular weight is 223 g/mol. The van der Waals surface area contributed by atoms with Gasteiger partial charge in [0.05, 0.1) is 6.61 Å². The van der Waals surface area contributed by atoms with Gasteiger partial charge in [0.1, 0.15) is 5.75 Å². The number of benzene rings is 1. The van der Waals surface area contributed by atoms with Crippen LogP contribution in [0.2, 0.25) is 0 Å². The SMILES string of the molecule is Nc1ccc(OCCCCCC(=O)O)cc1. The summed E-state index contributed by atoms with van der Waals surface area (Å²) in [6.45, 7) is 0.615. The molecule has 4 heteroatoms. The van der Waals surface area contributed by atoms with Gasteiger partial charge in [0.25, 0.3) is 0 Å². The number of carbonyl (C=O) groups is 1. The van der Waals surface area contributed by atoms with Gasteiger partial charge in [-0.1, -0.05) is 0 Å². The highest BCUT2D eigenvalue weighted by Gasteiger charge is 1.97. The van der Waals surface area contributed by atoms with Crippen LogP contribution in [0, 0.1) is 0 Å². The van der Waals surface area contributed by atoms with Crippen molar-refractivity contribution in [2.75, 3.05) is 12.3 Å². The summed E-state index contributed by atoms with van der Waals surface area (Å²) in [6.07, 6.45) is 2.70. The number of hydrogen-bond donors (Lipinski definition) is 2. The Kier molecular flexibility index (Phi) is 5.19. The molecule has 0 aliphatic rings. The fourth-order valence-electron chi connectivity index (χ4n) is 1.31. The van der Waals surface area contributed by atoms with Gasteiger partial charge in [-0.15, -0.1) is 0 Å². The molecule has 1 rings (SSSR count). The number of nitrogens with two attached hydrogens (primary N) is 1. The quantitative estimate of drug-likeness (QED) is 0.549. The van der Waals surface area contributed by atoms with E-state index < -0.39 is 5.97 Å². The molecule has 0 bridgehead atoms. The summed E-state index contributed by atoms with van der Waals surface area (Å²) in [6, 6.07) is 7.23. The third kappa shape index (κ3) is 5.24. The van der Waals surface area contributed by atoms with Crippen molar-refractivity contribution in [2.45, 2.75) is 25.7 Å². The first-order chi connectivity index (χ1) is 7.68. The summed E-state index contributed by atoms with van der Waals surface area (Å²) in [5, 5.41) is 8.43. The van der Waals surface area contributed by atoms with Crippen LogP contribution in [0.25, 0.3) is 0 Å². The lowest BCUT2D eigenvalue weighted by atomic mass is 10.2. The number of nitrogen functional groups attached to an aromatic ring is 1. The maximum atomic E-state index is 10.2. The zero-order chi connectivity index (χ0) is 11.8. The Hall–Kier alpha value is -1.71. The Morgan fingerprint density at radius 3 is 2.50 bits per heavy atom. The van der Waals surface area contributed by atoms with E-state index in [1.54, 1.807) is 12.1 Å². The summed E-state index contributed by atoms with van der Waals surface area (Å²) in [5.74, 6) is 0.0619. The Bertz CT molecular complexity index is 322. The first-order valence-corrected chi connectivity index (χ1v) is 5.38. The third-order valence-electron chi connectivity index (χ3n) is 2.18. The summed E-state index contributed by atoms with van der Waals surface area (Å²) in [7, 11) is 0. The lowest BCUT2D eigenvalue weighted by Gasteiger charge is -2.05. The number of hydrogen-bond acceptors (Lipinski definition) is 3. The largest absolute Gasteiger partial charge is 0.494 e. The van der Waals surface area contributed by atoms with Crippen LogP contribution >= 0.6 is 0 Å². The molecule has 0 fully saturated rings. The minimum Gasteiger partial charge on any atom is -0.494 e. The summed E-state index contributed by atoms with van der Waals surface area (Å²) >= 11 is 0. The average Bonchev–Trinajstić information content (AvgIpc) is 2.25. The van der Waals surface area contributed by atoms with Crippen molar-refractivity contribution in [3.63, 3.8) is 0 Å². The smallest absolute Gasteiger partial charge is 0.303 e. The van der Waals surface area contributed by atoms with Gasteiger partial charge in [0.2, 0.25) is 0 Å². The molecule has 0 aromatic heterocycles. The Balaban J connectivity index is 2.07. The molecule has 0 saturated heterocycles. The van der Waals surface area contributed by atoms with Crippen LogP contribution in [0.1, 0.15) is 25.7 Å². The summed E-state index contributed by atoms with van der Waals surface area (Å²) in [5.41, 5.74) is 6.25. The highest BCUT2D eigenvalue weighted by Crippen LogP contribution is 2.13. The fraction of sp³-hybridized carbons (Fsp3) is 0.417. The zero-order valence-corrected chi connectivity index (χ0v) is 9.19. The standard InChI is InChI=1S/C12H17NO3/c13-10-5-7-11(8-6-10)16-9-3-1-2-4-12(14)15/h5-8H,1-4,9,13H2,(H,14,15). The molecule has 0 atom stereocenters. The van der Waals surface area contributed by atoms with Gasteiger partial charge < -0.3 is 15.6 Å². The molecule has 88 valence electrons. The van der Waals surface area contributed by atoms with Gasteiger partial charge in [0.15, 0.2) is 0 Å². The van der Waals surface area contributed by atoms with E-state index in [9.17, 15) is 4.79 Å². The van der Waals surface area contributed by atoms with Crippen molar-refractivity contribution < 1.29 is 14.6 Å². The second-order valence-electron chi connectivity index (χ2n) is 3.62. The fourth-order valence-corrected chi connectivity index (χ4v) is 1.31. The number of anilines is 1. The summed E-state index contributed by atoms with van der Waals surface area (Å²) < 4.78 is 5.47. The van der Waals surface area contributed by atoms with Gasteiger partial charge in [-0.05, 0) is 43.5 Å². The third-order valence-corrected chi connectivity index (χ3v) is 2.18. The van der Waals surface area contributed by atoms with Crippen molar-refractivity contribution in [1.29, 1.82) is 0 Å². The van der Waals surface area contributed by atoms with E-state index >= 15 is 0 Å². The van der Waals surface area contributed by atoms with Gasteiger partial charge in [-0.25, -0.2) is 0 Å². The van der Waals surface area contributed by atoms with Crippen LogP contribution in [0.5, 0.6) is 5.75 Å². The van der Waals surface area contributed by atoms with E-state index in [2.05, 4.69) is 0 Å². The number of carboxylic acid groups (broad SMARTS) is 1. The first kappa shape index (κ1) is 12.4. The lowest BCUT2D eigenvalue weighted by Crippen LogP contribution is -1.99. The molecule has 0 aliphatic heterocycles. The molecule has 0 spiro atoms.